The maximum atomic E-state index is 12.7. The summed E-state index contributed by atoms with van der Waals surface area (Å²) in [6.07, 6.45) is 1.28. The Balaban J connectivity index is 2.15. The van der Waals surface area contributed by atoms with E-state index < -0.39 is 5.97 Å². The van der Waals surface area contributed by atoms with Crippen molar-refractivity contribution in [2.45, 2.75) is 19.3 Å². The van der Waals surface area contributed by atoms with E-state index in [1.54, 1.807) is 24.1 Å². The number of likely N-dealkylation sites (N-methyl/N-ethyl adjacent to an activating group) is 1. The number of nitrogens with zero attached hydrogens (tertiary/aromatic N) is 1. The third kappa shape index (κ3) is 8.04. The van der Waals surface area contributed by atoms with E-state index in [1.165, 1.54) is 12.1 Å². The van der Waals surface area contributed by atoms with Crippen LogP contribution in [0.25, 0.3) is 0 Å². The van der Waals surface area contributed by atoms with Crippen LogP contribution in [0.5, 0.6) is 0 Å². The van der Waals surface area contributed by atoms with E-state index in [9.17, 15) is 14.0 Å². The molecule has 1 rings (SSSR count). The van der Waals surface area contributed by atoms with Crippen LogP contribution in [0, 0.1) is 5.82 Å². The molecule has 1 aromatic carbocycles. The topological polar surface area (TPSA) is 69.6 Å². The quantitative estimate of drug-likeness (QED) is 0.720. The van der Waals surface area contributed by atoms with Gasteiger partial charge >= 0.3 is 5.97 Å². The molecule has 0 radical (unpaired) electrons. The third-order valence-corrected chi connectivity index (χ3v) is 2.99. The summed E-state index contributed by atoms with van der Waals surface area (Å²) in [5.41, 5.74) is 0.964. The Bertz CT molecular complexity index is 462. The Morgan fingerprint density at radius 2 is 1.95 bits per heavy atom. The molecule has 1 amide bonds. The van der Waals surface area contributed by atoms with Crippen LogP contribution in [-0.2, 0) is 16.0 Å². The third-order valence-electron chi connectivity index (χ3n) is 2.99. The summed E-state index contributed by atoms with van der Waals surface area (Å²) < 4.78 is 12.7. The molecule has 5 nitrogen and oxygen atoms in total. The zero-order chi connectivity index (χ0) is 15.7. The predicted molar refractivity (Wildman–Crippen MR) is 77.5 cm³/mol. The highest BCUT2D eigenvalue weighted by Crippen LogP contribution is 2.02. The smallest absolute Gasteiger partial charge is 0.303 e. The van der Waals surface area contributed by atoms with Crippen LogP contribution in [0.1, 0.15) is 18.4 Å². The van der Waals surface area contributed by atoms with Crippen molar-refractivity contribution >= 4 is 11.9 Å². The van der Waals surface area contributed by atoms with Gasteiger partial charge in [-0.1, -0.05) is 12.1 Å². The minimum atomic E-state index is -0.827. The van der Waals surface area contributed by atoms with E-state index in [0.29, 0.717) is 25.9 Å². The first kappa shape index (κ1) is 17.1. The van der Waals surface area contributed by atoms with Crippen molar-refractivity contribution in [1.82, 2.24) is 10.2 Å². The maximum Gasteiger partial charge on any atom is 0.303 e. The minimum absolute atomic E-state index is 0.102. The van der Waals surface area contributed by atoms with Gasteiger partial charge in [-0.2, -0.15) is 0 Å². The molecule has 6 heteroatoms. The first-order valence-electron chi connectivity index (χ1n) is 6.89. The fourth-order valence-electron chi connectivity index (χ4n) is 1.88. The van der Waals surface area contributed by atoms with Crippen molar-refractivity contribution in [2.75, 3.05) is 26.7 Å². The van der Waals surface area contributed by atoms with Gasteiger partial charge in [0.05, 0.1) is 6.54 Å². The van der Waals surface area contributed by atoms with E-state index in [2.05, 4.69) is 5.32 Å². The van der Waals surface area contributed by atoms with E-state index in [1.807, 2.05) is 0 Å². The lowest BCUT2D eigenvalue weighted by atomic mass is 10.1. The molecule has 21 heavy (non-hydrogen) atoms. The largest absolute Gasteiger partial charge is 0.481 e. The van der Waals surface area contributed by atoms with Crippen molar-refractivity contribution in [3.8, 4) is 0 Å². The molecular weight excluding hydrogens is 275 g/mol. The monoisotopic (exact) mass is 296 g/mol. The van der Waals surface area contributed by atoms with Crippen molar-refractivity contribution in [1.29, 1.82) is 0 Å². The molecule has 0 fully saturated rings. The second kappa shape index (κ2) is 9.07. The van der Waals surface area contributed by atoms with Crippen molar-refractivity contribution < 1.29 is 19.1 Å². The first-order valence-corrected chi connectivity index (χ1v) is 6.89. The number of amides is 1. The number of benzene rings is 1. The van der Waals surface area contributed by atoms with Gasteiger partial charge < -0.3 is 10.4 Å². The molecule has 0 unspecified atom stereocenters. The van der Waals surface area contributed by atoms with Crippen LogP contribution >= 0.6 is 0 Å². The van der Waals surface area contributed by atoms with Gasteiger partial charge in [-0.15, -0.1) is 0 Å². The average molecular weight is 296 g/mol. The summed E-state index contributed by atoms with van der Waals surface area (Å²) in [5, 5.41) is 11.3. The molecular formula is C15H21FN2O3. The normalized spacial score (nSPS) is 10.6. The van der Waals surface area contributed by atoms with E-state index in [0.717, 1.165) is 5.56 Å². The van der Waals surface area contributed by atoms with E-state index >= 15 is 0 Å². The van der Waals surface area contributed by atoms with Gasteiger partial charge in [0, 0.05) is 13.0 Å². The molecule has 0 saturated carbocycles. The van der Waals surface area contributed by atoms with Crippen LogP contribution in [-0.4, -0.2) is 48.6 Å². The van der Waals surface area contributed by atoms with Crippen LogP contribution in [0.2, 0.25) is 0 Å². The number of carboxylic acids is 1. The average Bonchev–Trinajstić information content (AvgIpc) is 2.40. The lowest BCUT2D eigenvalue weighted by Crippen LogP contribution is -2.36. The SMILES string of the molecule is CN(CCCC(=O)O)CC(=O)NCCc1ccc(F)cc1. The summed E-state index contributed by atoms with van der Waals surface area (Å²) in [4.78, 5) is 23.8. The van der Waals surface area contributed by atoms with Crippen LogP contribution < -0.4 is 5.32 Å². The second-order valence-electron chi connectivity index (χ2n) is 4.96. The Hall–Kier alpha value is -1.95. The van der Waals surface area contributed by atoms with Gasteiger partial charge in [0.1, 0.15) is 5.82 Å². The highest BCUT2D eigenvalue weighted by atomic mass is 19.1. The summed E-state index contributed by atoms with van der Waals surface area (Å²) in [5.74, 6) is -1.20. The van der Waals surface area contributed by atoms with Gasteiger partial charge in [-0.25, -0.2) is 4.39 Å². The molecule has 0 aliphatic carbocycles. The molecule has 1 aromatic rings. The fraction of sp³-hybridized carbons (Fsp3) is 0.467. The second-order valence-corrected chi connectivity index (χ2v) is 4.96. The maximum absolute atomic E-state index is 12.7. The Kier molecular flexibility index (Phi) is 7.39. The van der Waals surface area contributed by atoms with Crippen LogP contribution in [0.3, 0.4) is 0 Å². The number of carboxylic acid groups (broad SMARTS) is 1. The number of carbonyl (C=O) groups is 2. The number of carbonyl (C=O) groups excluding carboxylic acids is 1. The zero-order valence-electron chi connectivity index (χ0n) is 12.1. The van der Waals surface area contributed by atoms with Gasteiger partial charge in [0.25, 0.3) is 0 Å². The Labute approximate surface area is 123 Å². The summed E-state index contributed by atoms with van der Waals surface area (Å²) in [6.45, 7) is 1.30. The minimum Gasteiger partial charge on any atom is -0.481 e. The molecule has 0 spiro atoms. The predicted octanol–water partition coefficient (Wildman–Crippen LogP) is 1.28. The number of rotatable bonds is 9. The molecule has 116 valence electrons. The Morgan fingerprint density at radius 3 is 2.57 bits per heavy atom. The molecule has 0 aliphatic heterocycles. The van der Waals surface area contributed by atoms with Crippen molar-refractivity contribution in [3.05, 3.63) is 35.6 Å². The fourth-order valence-corrected chi connectivity index (χ4v) is 1.88. The molecule has 0 saturated heterocycles. The molecule has 0 heterocycles. The number of hydrogen-bond donors (Lipinski definition) is 2. The van der Waals surface area contributed by atoms with Crippen LogP contribution in [0.15, 0.2) is 24.3 Å². The molecule has 0 aliphatic rings. The van der Waals surface area contributed by atoms with Crippen LogP contribution in [0.4, 0.5) is 4.39 Å². The number of nitrogens with one attached hydrogen (secondary N) is 1. The highest BCUT2D eigenvalue weighted by Gasteiger charge is 2.07. The van der Waals surface area contributed by atoms with Crippen molar-refractivity contribution in [2.24, 2.45) is 0 Å². The van der Waals surface area contributed by atoms with Gasteiger partial charge in [-0.05, 0) is 44.1 Å². The number of aliphatic carboxylic acids is 1. The van der Waals surface area contributed by atoms with E-state index in [4.69, 9.17) is 5.11 Å². The summed E-state index contributed by atoms with van der Waals surface area (Å²) >= 11 is 0. The molecule has 0 atom stereocenters. The molecule has 2 N–H and O–H groups in total. The lowest BCUT2D eigenvalue weighted by Gasteiger charge is -2.15. The zero-order valence-corrected chi connectivity index (χ0v) is 12.1. The summed E-state index contributed by atoms with van der Waals surface area (Å²) in [6, 6.07) is 6.18. The highest BCUT2D eigenvalue weighted by molar-refractivity contribution is 5.77. The van der Waals surface area contributed by atoms with Crippen molar-refractivity contribution in [3.63, 3.8) is 0 Å². The summed E-state index contributed by atoms with van der Waals surface area (Å²) in [7, 11) is 1.78. The van der Waals surface area contributed by atoms with Gasteiger partial charge in [0.2, 0.25) is 5.91 Å². The number of halogens is 1. The first-order chi connectivity index (χ1) is 9.97. The standard InChI is InChI=1S/C15H21FN2O3/c1-18(10-2-3-15(20)21)11-14(19)17-9-8-12-4-6-13(16)7-5-12/h4-7H,2-3,8-11H2,1H3,(H,17,19)(H,20,21). The number of hydrogen-bond acceptors (Lipinski definition) is 3. The molecule has 0 aromatic heterocycles. The Morgan fingerprint density at radius 1 is 1.29 bits per heavy atom. The van der Waals surface area contributed by atoms with Gasteiger partial charge in [0.15, 0.2) is 0 Å². The van der Waals surface area contributed by atoms with E-state index in [-0.39, 0.29) is 24.7 Å². The lowest BCUT2D eigenvalue weighted by molar-refractivity contribution is -0.137. The molecule has 0 bridgehead atoms. The van der Waals surface area contributed by atoms with Gasteiger partial charge in [-0.3, -0.25) is 14.5 Å².